The molecule has 0 amide bonds. The van der Waals surface area contributed by atoms with Crippen molar-refractivity contribution in [2.24, 2.45) is 0 Å². The van der Waals surface area contributed by atoms with Gasteiger partial charge in [-0.2, -0.15) is 4.98 Å². The summed E-state index contributed by atoms with van der Waals surface area (Å²) in [4.78, 5) is 4.64. The fourth-order valence-corrected chi connectivity index (χ4v) is 5.00. The monoisotopic (exact) mass is 426 g/mol. The average Bonchev–Trinajstić information content (AvgIpc) is 3.21. The number of hydrogen-bond acceptors (Lipinski definition) is 7. The predicted molar refractivity (Wildman–Crippen MR) is 117 cm³/mol. The number of para-hydroxylation sites is 1. The van der Waals surface area contributed by atoms with E-state index >= 15 is 0 Å². The zero-order chi connectivity index (χ0) is 20.3. The number of fused-ring (bicyclic) bond motifs is 2. The third-order valence-corrected chi connectivity index (χ3v) is 6.64. The summed E-state index contributed by atoms with van der Waals surface area (Å²) in [6.07, 6.45) is 4.49. The molecule has 5 rings (SSSR count). The van der Waals surface area contributed by atoms with Crippen LogP contribution in [0.15, 0.2) is 36.4 Å². The molecule has 2 aliphatic rings. The lowest BCUT2D eigenvalue weighted by Crippen LogP contribution is -2.35. The van der Waals surface area contributed by atoms with Crippen molar-refractivity contribution in [2.75, 3.05) is 20.3 Å². The van der Waals surface area contributed by atoms with Gasteiger partial charge in [-0.15, -0.1) is 0 Å². The number of hydrogen-bond donors (Lipinski definition) is 1. The van der Waals surface area contributed by atoms with E-state index in [9.17, 15) is 0 Å². The fourth-order valence-electron chi connectivity index (χ4n) is 4.11. The van der Waals surface area contributed by atoms with Crippen molar-refractivity contribution in [1.29, 1.82) is 0 Å². The van der Waals surface area contributed by atoms with E-state index < -0.39 is 0 Å². The van der Waals surface area contributed by atoms with Gasteiger partial charge in [-0.1, -0.05) is 23.5 Å². The topological polar surface area (TPSA) is 61.8 Å². The second kappa shape index (κ2) is 8.70. The number of methoxy groups -OCH3 is 1. The fraction of sp³-hybridized carbons (Fsp3) is 0.435. The highest BCUT2D eigenvalue weighted by Crippen LogP contribution is 2.35. The Labute approximate surface area is 180 Å². The summed E-state index contributed by atoms with van der Waals surface area (Å²) in [6.45, 7) is 2.08. The lowest BCUT2D eigenvalue weighted by molar-refractivity contribution is 0.139. The number of aromatic nitrogens is 1. The minimum atomic E-state index is 0.226. The Bertz CT molecular complexity index is 1010. The Morgan fingerprint density at radius 3 is 2.73 bits per heavy atom. The van der Waals surface area contributed by atoms with Gasteiger partial charge in [-0.05, 0) is 55.5 Å². The van der Waals surface area contributed by atoms with Crippen LogP contribution in [0, 0.1) is 0 Å². The van der Waals surface area contributed by atoms with Gasteiger partial charge in [0.15, 0.2) is 11.5 Å². The molecular weight excluding hydrogens is 400 g/mol. The number of benzene rings is 2. The minimum Gasteiger partial charge on any atom is -0.494 e. The lowest BCUT2D eigenvalue weighted by atomic mass is 9.93. The van der Waals surface area contributed by atoms with E-state index in [1.165, 1.54) is 5.56 Å². The first-order chi connectivity index (χ1) is 14.8. The van der Waals surface area contributed by atoms with Gasteiger partial charge >= 0.3 is 0 Å². The quantitative estimate of drug-likeness (QED) is 0.624. The summed E-state index contributed by atoms with van der Waals surface area (Å²) in [7, 11) is 1.67. The largest absolute Gasteiger partial charge is 0.494 e. The van der Waals surface area contributed by atoms with Gasteiger partial charge in [-0.3, -0.25) is 0 Å². The molecule has 0 saturated heterocycles. The van der Waals surface area contributed by atoms with Gasteiger partial charge in [0.1, 0.15) is 30.6 Å². The van der Waals surface area contributed by atoms with Crippen LogP contribution >= 0.6 is 11.3 Å². The summed E-state index contributed by atoms with van der Waals surface area (Å²) in [5.74, 6) is 2.49. The van der Waals surface area contributed by atoms with E-state index in [2.05, 4.69) is 28.5 Å². The normalized spacial score (nSPS) is 20.8. The van der Waals surface area contributed by atoms with Gasteiger partial charge in [-0.25, -0.2) is 0 Å². The van der Waals surface area contributed by atoms with Crippen LogP contribution in [-0.2, 0) is 6.54 Å². The molecule has 0 spiro atoms. The molecule has 1 saturated carbocycles. The Hall–Kier alpha value is -2.51. The molecular formula is C23H26N2O4S. The predicted octanol–water partition coefficient (Wildman–Crippen LogP) is 4.56. The highest BCUT2D eigenvalue weighted by Gasteiger charge is 2.23. The Morgan fingerprint density at radius 2 is 1.90 bits per heavy atom. The van der Waals surface area contributed by atoms with Crippen LogP contribution in [0.1, 0.15) is 31.2 Å². The minimum absolute atomic E-state index is 0.226. The molecule has 1 fully saturated rings. The van der Waals surface area contributed by atoms with E-state index in [1.807, 2.05) is 18.2 Å². The van der Waals surface area contributed by atoms with E-state index in [0.717, 1.165) is 64.9 Å². The molecule has 30 heavy (non-hydrogen) atoms. The van der Waals surface area contributed by atoms with E-state index in [-0.39, 0.29) is 6.10 Å². The first-order valence-electron chi connectivity index (χ1n) is 10.5. The molecule has 0 radical (unpaired) electrons. The number of nitrogens with zero attached hydrogens (tertiary/aromatic N) is 1. The third kappa shape index (κ3) is 4.18. The van der Waals surface area contributed by atoms with Crippen molar-refractivity contribution in [1.82, 2.24) is 10.3 Å². The maximum absolute atomic E-state index is 6.21. The standard InChI is InChI=1S/C23H26N2O4S/c1-26-19-3-2-4-21-22(19)25-23(30-21)29-17-8-6-16(7-9-17)24-14-15-5-10-18-20(13-15)28-12-11-27-18/h2-5,10,13,16-17,24H,6-9,11-12,14H2,1H3. The van der Waals surface area contributed by atoms with Crippen LogP contribution in [0.4, 0.5) is 0 Å². The SMILES string of the molecule is COc1cccc2sc(OC3CCC(NCc4ccc5c(c4)OCCO5)CC3)nc12. The smallest absolute Gasteiger partial charge is 0.274 e. The van der Waals surface area contributed by atoms with Crippen LogP contribution in [0.2, 0.25) is 0 Å². The summed E-state index contributed by atoms with van der Waals surface area (Å²) < 4.78 is 24.0. The molecule has 7 heteroatoms. The molecule has 1 aliphatic heterocycles. The van der Waals surface area contributed by atoms with Crippen molar-refractivity contribution in [2.45, 2.75) is 44.4 Å². The summed E-state index contributed by atoms with van der Waals surface area (Å²) >= 11 is 1.59. The van der Waals surface area contributed by atoms with Gasteiger partial charge in [0, 0.05) is 12.6 Å². The first kappa shape index (κ1) is 19.5. The maximum Gasteiger partial charge on any atom is 0.274 e. The number of ether oxygens (including phenoxy) is 4. The van der Waals surface area contributed by atoms with Crippen molar-refractivity contribution >= 4 is 21.6 Å². The van der Waals surface area contributed by atoms with Crippen molar-refractivity contribution in [3.05, 3.63) is 42.0 Å². The second-order valence-corrected chi connectivity index (χ2v) is 8.73. The van der Waals surface area contributed by atoms with Gasteiger partial charge in [0.05, 0.1) is 11.8 Å². The molecule has 1 aromatic heterocycles. The van der Waals surface area contributed by atoms with E-state index in [1.54, 1.807) is 18.4 Å². The molecule has 6 nitrogen and oxygen atoms in total. The zero-order valence-corrected chi connectivity index (χ0v) is 17.9. The summed E-state index contributed by atoms with van der Waals surface area (Å²) in [5.41, 5.74) is 2.11. The Kier molecular flexibility index (Phi) is 5.64. The van der Waals surface area contributed by atoms with Crippen molar-refractivity contribution < 1.29 is 18.9 Å². The molecule has 0 bridgehead atoms. The van der Waals surface area contributed by atoms with Crippen LogP contribution in [0.25, 0.3) is 10.2 Å². The molecule has 1 aliphatic carbocycles. The highest BCUT2D eigenvalue weighted by atomic mass is 32.1. The molecule has 2 heterocycles. The molecule has 1 N–H and O–H groups in total. The third-order valence-electron chi connectivity index (χ3n) is 5.73. The van der Waals surface area contributed by atoms with Crippen LogP contribution in [-0.4, -0.2) is 37.5 Å². The van der Waals surface area contributed by atoms with Crippen LogP contribution in [0.5, 0.6) is 22.4 Å². The van der Waals surface area contributed by atoms with Crippen LogP contribution < -0.4 is 24.3 Å². The summed E-state index contributed by atoms with van der Waals surface area (Å²) in [5, 5.41) is 4.42. The number of thiazole rings is 1. The van der Waals surface area contributed by atoms with Crippen molar-refractivity contribution in [3.63, 3.8) is 0 Å². The number of rotatable bonds is 6. The Morgan fingerprint density at radius 1 is 1.07 bits per heavy atom. The summed E-state index contributed by atoms with van der Waals surface area (Å²) in [6, 6.07) is 12.7. The molecule has 158 valence electrons. The average molecular weight is 427 g/mol. The lowest BCUT2D eigenvalue weighted by Gasteiger charge is -2.29. The molecule has 3 aromatic rings. The molecule has 0 unspecified atom stereocenters. The second-order valence-electron chi connectivity index (χ2n) is 7.74. The number of nitrogens with one attached hydrogen (secondary N) is 1. The van der Waals surface area contributed by atoms with E-state index in [4.69, 9.17) is 18.9 Å². The van der Waals surface area contributed by atoms with Gasteiger partial charge < -0.3 is 24.3 Å². The van der Waals surface area contributed by atoms with E-state index in [0.29, 0.717) is 19.3 Å². The van der Waals surface area contributed by atoms with Gasteiger partial charge in [0.2, 0.25) is 0 Å². The van der Waals surface area contributed by atoms with Crippen molar-refractivity contribution in [3.8, 4) is 22.4 Å². The zero-order valence-electron chi connectivity index (χ0n) is 17.1. The highest BCUT2D eigenvalue weighted by molar-refractivity contribution is 7.20. The maximum atomic E-state index is 6.21. The first-order valence-corrected chi connectivity index (χ1v) is 11.3. The van der Waals surface area contributed by atoms with Crippen LogP contribution in [0.3, 0.4) is 0 Å². The molecule has 2 aromatic carbocycles. The molecule has 0 atom stereocenters. The Balaban J connectivity index is 1.12. The van der Waals surface area contributed by atoms with Gasteiger partial charge in [0.25, 0.3) is 5.19 Å².